The van der Waals surface area contributed by atoms with Crippen molar-refractivity contribution in [3.63, 3.8) is 0 Å². The number of imide groups is 1. The summed E-state index contributed by atoms with van der Waals surface area (Å²) in [4.78, 5) is 26.3. The minimum absolute atomic E-state index is 0. The van der Waals surface area contributed by atoms with E-state index in [2.05, 4.69) is 22.0 Å². The number of carbonyl (C=O) groups excluding carboxylic acids is 2. The second-order valence-electron chi connectivity index (χ2n) is 6.58. The zero-order valence-electron chi connectivity index (χ0n) is 14.4. The Kier molecular flexibility index (Phi) is 7.52. The van der Waals surface area contributed by atoms with Crippen molar-refractivity contribution < 1.29 is 9.59 Å². The summed E-state index contributed by atoms with van der Waals surface area (Å²) in [5.41, 5.74) is 2.24. The van der Waals surface area contributed by atoms with Crippen LogP contribution in [-0.2, 0) is 11.3 Å². The molecule has 0 spiro atoms. The van der Waals surface area contributed by atoms with E-state index in [0.29, 0.717) is 0 Å². The minimum Gasteiger partial charge on any atom is -0.361 e. The average molecular weight is 367 g/mol. The Labute approximate surface area is 155 Å². The molecule has 0 aromatic heterocycles. The van der Waals surface area contributed by atoms with Gasteiger partial charge in [0.2, 0.25) is 5.91 Å². The van der Waals surface area contributed by atoms with E-state index in [1.807, 2.05) is 23.1 Å². The summed E-state index contributed by atoms with van der Waals surface area (Å²) in [6.07, 6.45) is 5.55. The van der Waals surface area contributed by atoms with Crippen LogP contribution in [0.3, 0.4) is 0 Å². The lowest BCUT2D eigenvalue weighted by molar-refractivity contribution is -0.118. The third-order valence-corrected chi connectivity index (χ3v) is 4.73. The molecule has 3 rings (SSSR count). The third kappa shape index (κ3) is 5.61. The van der Waals surface area contributed by atoms with E-state index in [9.17, 15) is 9.59 Å². The zero-order chi connectivity index (χ0) is 16.8. The van der Waals surface area contributed by atoms with Crippen LogP contribution in [0, 0.1) is 0 Å². The maximum absolute atomic E-state index is 12.3. The van der Waals surface area contributed by atoms with Crippen molar-refractivity contribution >= 4 is 30.0 Å². The Balaban J connectivity index is 0.00000225. The number of rotatable bonds is 3. The average Bonchev–Trinajstić information content (AvgIpc) is 2.78. The number of fused-ring (bicyclic) bond motifs is 1. The van der Waals surface area contributed by atoms with Gasteiger partial charge in [0.15, 0.2) is 0 Å². The van der Waals surface area contributed by atoms with Crippen LogP contribution in [0.5, 0.6) is 0 Å². The quantitative estimate of drug-likeness (QED) is 0.766. The van der Waals surface area contributed by atoms with Gasteiger partial charge in [-0.05, 0) is 24.5 Å². The van der Waals surface area contributed by atoms with Crippen molar-refractivity contribution in [3.05, 3.63) is 29.8 Å². The number of para-hydroxylation sites is 1. The summed E-state index contributed by atoms with van der Waals surface area (Å²) in [6, 6.07) is 7.90. The van der Waals surface area contributed by atoms with Crippen molar-refractivity contribution in [2.75, 3.05) is 24.5 Å². The van der Waals surface area contributed by atoms with Gasteiger partial charge in [-0.25, -0.2) is 4.79 Å². The molecule has 1 aromatic carbocycles. The molecule has 0 saturated heterocycles. The fourth-order valence-electron chi connectivity index (χ4n) is 3.50. The first-order valence-corrected chi connectivity index (χ1v) is 8.86. The Morgan fingerprint density at radius 1 is 1.16 bits per heavy atom. The van der Waals surface area contributed by atoms with Crippen LogP contribution in [-0.4, -0.2) is 37.6 Å². The molecule has 0 atom stereocenters. The molecule has 1 aliphatic heterocycles. The number of halogens is 1. The van der Waals surface area contributed by atoms with E-state index in [1.165, 1.54) is 12.0 Å². The first-order chi connectivity index (χ1) is 11.7. The molecule has 6 nitrogen and oxygen atoms in total. The van der Waals surface area contributed by atoms with Crippen LogP contribution in [0.4, 0.5) is 10.5 Å². The standard InChI is InChI=1S/C18H26N4O2.ClH/c23-17(21-18(24)20-15-7-2-1-3-8-15)13-22-11-10-19-12-14-6-4-5-9-16(14)22;/h4-6,9,15,19H,1-3,7-8,10-13H2,(H2,20,21,23,24);1H. The lowest BCUT2D eigenvalue weighted by Crippen LogP contribution is -2.48. The molecule has 3 amide bonds. The molecule has 1 aliphatic carbocycles. The van der Waals surface area contributed by atoms with Crippen LogP contribution >= 0.6 is 12.4 Å². The van der Waals surface area contributed by atoms with E-state index in [4.69, 9.17) is 0 Å². The normalized spacial score (nSPS) is 17.7. The fraction of sp³-hybridized carbons (Fsp3) is 0.556. The molecule has 0 bridgehead atoms. The van der Waals surface area contributed by atoms with Crippen molar-refractivity contribution in [2.24, 2.45) is 0 Å². The summed E-state index contributed by atoms with van der Waals surface area (Å²) in [5, 5.41) is 8.74. The van der Waals surface area contributed by atoms with Crippen LogP contribution in [0.1, 0.15) is 37.7 Å². The lowest BCUT2D eigenvalue weighted by atomic mass is 9.96. The molecule has 1 saturated carbocycles. The second-order valence-corrected chi connectivity index (χ2v) is 6.58. The van der Waals surface area contributed by atoms with Crippen LogP contribution in [0.25, 0.3) is 0 Å². The Hall–Kier alpha value is -1.79. The molecule has 1 aromatic rings. The second kappa shape index (κ2) is 9.63. The van der Waals surface area contributed by atoms with Crippen molar-refractivity contribution in [1.29, 1.82) is 0 Å². The monoisotopic (exact) mass is 366 g/mol. The molecule has 3 N–H and O–H groups in total. The Morgan fingerprint density at radius 3 is 2.72 bits per heavy atom. The number of nitrogens with zero attached hydrogens (tertiary/aromatic N) is 1. The first kappa shape index (κ1) is 19.5. The number of hydrogen-bond donors (Lipinski definition) is 3. The number of nitrogens with one attached hydrogen (secondary N) is 3. The lowest BCUT2D eigenvalue weighted by Gasteiger charge is -2.25. The van der Waals surface area contributed by atoms with Crippen LogP contribution in [0.2, 0.25) is 0 Å². The molecule has 1 fully saturated rings. The van der Waals surface area contributed by atoms with E-state index in [-0.39, 0.29) is 36.9 Å². The van der Waals surface area contributed by atoms with Gasteiger partial charge in [0.25, 0.3) is 0 Å². The number of anilines is 1. The molecule has 138 valence electrons. The Morgan fingerprint density at radius 2 is 1.92 bits per heavy atom. The van der Waals surface area contributed by atoms with E-state index in [1.54, 1.807) is 0 Å². The topological polar surface area (TPSA) is 73.5 Å². The van der Waals surface area contributed by atoms with Crippen LogP contribution in [0.15, 0.2) is 24.3 Å². The third-order valence-electron chi connectivity index (χ3n) is 4.73. The molecule has 2 aliphatic rings. The van der Waals surface area contributed by atoms with Crippen LogP contribution < -0.4 is 20.9 Å². The number of amides is 3. The van der Waals surface area contributed by atoms with E-state index in [0.717, 1.165) is 51.0 Å². The van der Waals surface area contributed by atoms with Gasteiger partial charge in [0.05, 0.1) is 6.54 Å². The summed E-state index contributed by atoms with van der Waals surface area (Å²) < 4.78 is 0. The minimum atomic E-state index is -0.367. The Bertz CT molecular complexity index is 590. The van der Waals surface area contributed by atoms with Gasteiger partial charge in [-0.15, -0.1) is 12.4 Å². The molecular weight excluding hydrogens is 340 g/mol. The maximum Gasteiger partial charge on any atom is 0.321 e. The summed E-state index contributed by atoms with van der Waals surface area (Å²) >= 11 is 0. The maximum atomic E-state index is 12.3. The summed E-state index contributed by atoms with van der Waals surface area (Å²) in [5.74, 6) is -0.264. The summed E-state index contributed by atoms with van der Waals surface area (Å²) in [6.45, 7) is 2.55. The van der Waals surface area contributed by atoms with Gasteiger partial charge in [0, 0.05) is 31.4 Å². The van der Waals surface area contributed by atoms with Crippen molar-refractivity contribution in [2.45, 2.75) is 44.7 Å². The SMILES string of the molecule is Cl.O=C(CN1CCNCc2ccccc21)NC(=O)NC1CCCCC1. The molecule has 25 heavy (non-hydrogen) atoms. The van der Waals surface area contributed by atoms with E-state index >= 15 is 0 Å². The van der Waals surface area contributed by atoms with Crippen molar-refractivity contribution in [1.82, 2.24) is 16.0 Å². The number of benzene rings is 1. The van der Waals surface area contributed by atoms with Gasteiger partial charge in [-0.2, -0.15) is 0 Å². The molecule has 0 radical (unpaired) electrons. The van der Waals surface area contributed by atoms with Gasteiger partial charge in [-0.1, -0.05) is 37.5 Å². The number of urea groups is 1. The predicted molar refractivity (Wildman–Crippen MR) is 101 cm³/mol. The number of carbonyl (C=O) groups is 2. The molecule has 7 heteroatoms. The highest BCUT2D eigenvalue weighted by atomic mass is 35.5. The zero-order valence-corrected chi connectivity index (χ0v) is 15.2. The smallest absolute Gasteiger partial charge is 0.321 e. The fourth-order valence-corrected chi connectivity index (χ4v) is 3.50. The largest absolute Gasteiger partial charge is 0.361 e. The van der Waals surface area contributed by atoms with E-state index < -0.39 is 0 Å². The highest BCUT2D eigenvalue weighted by molar-refractivity contribution is 5.96. The van der Waals surface area contributed by atoms with Gasteiger partial charge < -0.3 is 15.5 Å². The predicted octanol–water partition coefficient (Wildman–Crippen LogP) is 2.18. The first-order valence-electron chi connectivity index (χ1n) is 8.86. The van der Waals surface area contributed by atoms with Gasteiger partial charge >= 0.3 is 6.03 Å². The van der Waals surface area contributed by atoms with Gasteiger partial charge in [-0.3, -0.25) is 10.1 Å². The van der Waals surface area contributed by atoms with Gasteiger partial charge in [0.1, 0.15) is 0 Å². The summed E-state index contributed by atoms with van der Waals surface area (Å²) in [7, 11) is 0. The molecule has 0 unspecified atom stereocenters. The molecule has 1 heterocycles. The van der Waals surface area contributed by atoms with Crippen molar-refractivity contribution in [3.8, 4) is 0 Å². The molecular formula is C18H27ClN4O2. The highest BCUT2D eigenvalue weighted by Gasteiger charge is 2.20. The highest BCUT2D eigenvalue weighted by Crippen LogP contribution is 2.21. The number of hydrogen-bond acceptors (Lipinski definition) is 4.